The van der Waals surface area contributed by atoms with Gasteiger partial charge in [0.05, 0.1) is 0 Å². The van der Waals surface area contributed by atoms with Crippen LogP contribution in [0.1, 0.15) is 12.0 Å². The molecule has 0 amide bonds. The highest BCUT2D eigenvalue weighted by Gasteiger charge is 2.07. The van der Waals surface area contributed by atoms with Crippen molar-refractivity contribution in [2.75, 3.05) is 0 Å². The number of aliphatic carboxylic acids is 1. The summed E-state index contributed by atoms with van der Waals surface area (Å²) in [4.78, 5) is 14.6. The van der Waals surface area contributed by atoms with Gasteiger partial charge >= 0.3 is 5.97 Å². The minimum absolute atomic E-state index is 0.0677. The Morgan fingerprint density at radius 2 is 1.94 bits per heavy atom. The molecular formula is C14H12FNO2. The van der Waals surface area contributed by atoms with E-state index in [9.17, 15) is 9.18 Å². The second-order valence-electron chi connectivity index (χ2n) is 3.93. The maximum absolute atomic E-state index is 12.9. The summed E-state index contributed by atoms with van der Waals surface area (Å²) in [5.41, 5.74) is 2.59. The zero-order valence-corrected chi connectivity index (χ0v) is 9.64. The van der Waals surface area contributed by atoms with E-state index in [0.717, 1.165) is 16.7 Å². The summed E-state index contributed by atoms with van der Waals surface area (Å²) in [6.07, 6.45) is 3.80. The molecule has 1 aromatic carbocycles. The number of pyridine rings is 1. The van der Waals surface area contributed by atoms with Gasteiger partial charge in [0, 0.05) is 24.4 Å². The molecule has 0 spiro atoms. The predicted octanol–water partition coefficient (Wildman–Crippen LogP) is 2.90. The molecule has 1 heterocycles. The molecule has 2 aromatic rings. The molecule has 0 aliphatic heterocycles. The molecule has 0 unspecified atom stereocenters. The molecule has 0 aliphatic rings. The molecular weight excluding hydrogens is 233 g/mol. The first-order valence-corrected chi connectivity index (χ1v) is 5.57. The maximum atomic E-state index is 12.9. The first kappa shape index (κ1) is 12.2. The van der Waals surface area contributed by atoms with Crippen molar-refractivity contribution in [3.8, 4) is 11.1 Å². The summed E-state index contributed by atoms with van der Waals surface area (Å²) in [6, 6.07) is 7.88. The van der Waals surface area contributed by atoms with Gasteiger partial charge in [0.1, 0.15) is 5.82 Å². The lowest BCUT2D eigenvalue weighted by molar-refractivity contribution is -0.136. The maximum Gasteiger partial charge on any atom is 0.303 e. The number of aromatic nitrogens is 1. The van der Waals surface area contributed by atoms with Crippen LogP contribution >= 0.6 is 0 Å². The van der Waals surface area contributed by atoms with Gasteiger partial charge in [0.2, 0.25) is 0 Å². The van der Waals surface area contributed by atoms with Crippen LogP contribution in [0.25, 0.3) is 11.1 Å². The number of aryl methyl sites for hydroxylation is 1. The SMILES string of the molecule is O=C(O)CCc1ccncc1-c1ccc(F)cc1. The van der Waals surface area contributed by atoms with Crippen LogP contribution < -0.4 is 0 Å². The van der Waals surface area contributed by atoms with E-state index in [-0.39, 0.29) is 12.2 Å². The summed E-state index contributed by atoms with van der Waals surface area (Å²) in [7, 11) is 0. The van der Waals surface area contributed by atoms with Gasteiger partial charge in [-0.3, -0.25) is 9.78 Å². The van der Waals surface area contributed by atoms with Crippen LogP contribution in [0, 0.1) is 5.82 Å². The van der Waals surface area contributed by atoms with Crippen LogP contribution in [-0.2, 0) is 11.2 Å². The van der Waals surface area contributed by atoms with Gasteiger partial charge in [-0.25, -0.2) is 4.39 Å². The van der Waals surface area contributed by atoms with Gasteiger partial charge in [0.25, 0.3) is 0 Å². The lowest BCUT2D eigenvalue weighted by Gasteiger charge is -2.08. The number of hydrogen-bond acceptors (Lipinski definition) is 2. The molecule has 4 heteroatoms. The second-order valence-corrected chi connectivity index (χ2v) is 3.93. The van der Waals surface area contributed by atoms with Crippen molar-refractivity contribution in [3.63, 3.8) is 0 Å². The van der Waals surface area contributed by atoms with Crippen LogP contribution in [-0.4, -0.2) is 16.1 Å². The van der Waals surface area contributed by atoms with Gasteiger partial charge in [0.15, 0.2) is 0 Å². The normalized spacial score (nSPS) is 10.3. The van der Waals surface area contributed by atoms with Crippen molar-refractivity contribution >= 4 is 5.97 Å². The fourth-order valence-electron chi connectivity index (χ4n) is 1.77. The Bertz CT molecular complexity index is 552. The summed E-state index contributed by atoms with van der Waals surface area (Å²) in [6.45, 7) is 0. The van der Waals surface area contributed by atoms with Crippen molar-refractivity contribution < 1.29 is 14.3 Å². The van der Waals surface area contributed by atoms with E-state index in [2.05, 4.69) is 4.98 Å². The minimum Gasteiger partial charge on any atom is -0.481 e. The van der Waals surface area contributed by atoms with E-state index in [1.165, 1.54) is 12.1 Å². The first-order valence-electron chi connectivity index (χ1n) is 5.57. The summed E-state index contributed by atoms with van der Waals surface area (Å²) < 4.78 is 12.9. The summed E-state index contributed by atoms with van der Waals surface area (Å²) >= 11 is 0. The Balaban J connectivity index is 2.32. The van der Waals surface area contributed by atoms with Crippen molar-refractivity contribution in [1.82, 2.24) is 4.98 Å². The summed E-state index contributed by atoms with van der Waals surface area (Å²) in [5, 5.41) is 8.71. The van der Waals surface area contributed by atoms with Crippen molar-refractivity contribution in [3.05, 3.63) is 54.1 Å². The second kappa shape index (κ2) is 5.40. The number of carboxylic acid groups (broad SMARTS) is 1. The Kier molecular flexibility index (Phi) is 3.67. The number of rotatable bonds is 4. The number of benzene rings is 1. The van der Waals surface area contributed by atoms with Gasteiger partial charge in [-0.1, -0.05) is 12.1 Å². The van der Waals surface area contributed by atoms with E-state index in [4.69, 9.17) is 5.11 Å². The highest BCUT2D eigenvalue weighted by Crippen LogP contribution is 2.23. The largest absolute Gasteiger partial charge is 0.481 e. The molecule has 0 radical (unpaired) electrons. The molecule has 0 bridgehead atoms. The Morgan fingerprint density at radius 1 is 1.22 bits per heavy atom. The molecule has 0 saturated heterocycles. The van der Waals surface area contributed by atoms with Crippen molar-refractivity contribution in [2.24, 2.45) is 0 Å². The van der Waals surface area contributed by atoms with Crippen LogP contribution in [0.5, 0.6) is 0 Å². The van der Waals surface area contributed by atoms with Gasteiger partial charge in [-0.05, 0) is 35.7 Å². The number of hydrogen-bond donors (Lipinski definition) is 1. The van der Waals surface area contributed by atoms with Crippen molar-refractivity contribution in [2.45, 2.75) is 12.8 Å². The average Bonchev–Trinajstić information content (AvgIpc) is 2.38. The van der Waals surface area contributed by atoms with E-state index >= 15 is 0 Å². The Hall–Kier alpha value is -2.23. The quantitative estimate of drug-likeness (QED) is 0.901. The van der Waals surface area contributed by atoms with Crippen LogP contribution in [0.15, 0.2) is 42.7 Å². The van der Waals surface area contributed by atoms with Gasteiger partial charge < -0.3 is 5.11 Å². The molecule has 1 N–H and O–H groups in total. The third-order valence-corrected chi connectivity index (χ3v) is 2.67. The average molecular weight is 245 g/mol. The smallest absolute Gasteiger partial charge is 0.303 e. The molecule has 0 atom stereocenters. The Labute approximate surface area is 104 Å². The molecule has 92 valence electrons. The number of carbonyl (C=O) groups is 1. The van der Waals surface area contributed by atoms with Crippen molar-refractivity contribution in [1.29, 1.82) is 0 Å². The minimum atomic E-state index is -0.836. The lowest BCUT2D eigenvalue weighted by Crippen LogP contribution is -1.99. The van der Waals surface area contributed by atoms with Crippen LogP contribution in [0.3, 0.4) is 0 Å². The zero-order valence-electron chi connectivity index (χ0n) is 9.64. The van der Waals surface area contributed by atoms with E-state index in [1.807, 2.05) is 0 Å². The zero-order chi connectivity index (χ0) is 13.0. The monoisotopic (exact) mass is 245 g/mol. The molecule has 0 aliphatic carbocycles. The third kappa shape index (κ3) is 2.91. The standard InChI is InChI=1S/C14H12FNO2/c15-12-4-1-10(2-5-12)13-9-16-8-7-11(13)3-6-14(17)18/h1-2,4-5,7-9H,3,6H2,(H,17,18). The van der Waals surface area contributed by atoms with Crippen LogP contribution in [0.2, 0.25) is 0 Å². The highest BCUT2D eigenvalue weighted by atomic mass is 19.1. The van der Waals surface area contributed by atoms with E-state index in [1.54, 1.807) is 30.6 Å². The van der Waals surface area contributed by atoms with Gasteiger partial charge in [-0.2, -0.15) is 0 Å². The lowest BCUT2D eigenvalue weighted by atomic mass is 9.99. The predicted molar refractivity (Wildman–Crippen MR) is 65.6 cm³/mol. The molecule has 18 heavy (non-hydrogen) atoms. The van der Waals surface area contributed by atoms with Gasteiger partial charge in [-0.15, -0.1) is 0 Å². The fraction of sp³-hybridized carbons (Fsp3) is 0.143. The third-order valence-electron chi connectivity index (χ3n) is 2.67. The molecule has 1 aromatic heterocycles. The first-order chi connectivity index (χ1) is 8.66. The van der Waals surface area contributed by atoms with E-state index < -0.39 is 5.97 Å². The molecule has 3 nitrogen and oxygen atoms in total. The molecule has 0 fully saturated rings. The fourth-order valence-corrected chi connectivity index (χ4v) is 1.77. The number of nitrogens with zero attached hydrogens (tertiary/aromatic N) is 1. The molecule has 0 saturated carbocycles. The van der Waals surface area contributed by atoms with E-state index in [0.29, 0.717) is 6.42 Å². The summed E-state index contributed by atoms with van der Waals surface area (Å²) in [5.74, 6) is -1.13. The number of carboxylic acids is 1. The van der Waals surface area contributed by atoms with Crippen LogP contribution in [0.4, 0.5) is 4.39 Å². The number of halogens is 1. The highest BCUT2D eigenvalue weighted by molar-refractivity contribution is 5.70. The Morgan fingerprint density at radius 3 is 2.61 bits per heavy atom. The topological polar surface area (TPSA) is 50.2 Å². The molecule has 2 rings (SSSR count).